The van der Waals surface area contributed by atoms with Crippen molar-refractivity contribution in [3.8, 4) is 0 Å². The third-order valence-electron chi connectivity index (χ3n) is 2.89. The van der Waals surface area contributed by atoms with Crippen LogP contribution in [-0.4, -0.2) is 39.4 Å². The minimum atomic E-state index is -1.39. The molecule has 1 unspecified atom stereocenters. The van der Waals surface area contributed by atoms with Gasteiger partial charge in [-0.2, -0.15) is 0 Å². The number of carbonyl (C=O) groups excluding carboxylic acids is 1. The van der Waals surface area contributed by atoms with Crippen LogP contribution in [0.3, 0.4) is 0 Å². The molecule has 7 heteroatoms. The molecule has 2 amide bonds. The first-order valence-corrected chi connectivity index (χ1v) is 6.18. The molecule has 16 heavy (non-hydrogen) atoms. The average molecular weight is 242 g/mol. The van der Waals surface area contributed by atoms with Crippen LogP contribution in [0.2, 0.25) is 0 Å². The quantitative estimate of drug-likeness (QED) is 0.726. The van der Waals surface area contributed by atoms with E-state index in [-0.39, 0.29) is 16.6 Å². The van der Waals surface area contributed by atoms with Crippen molar-refractivity contribution >= 4 is 27.0 Å². The smallest absolute Gasteiger partial charge is 0.323 e. The summed E-state index contributed by atoms with van der Waals surface area (Å²) in [6.45, 7) is 2.02. The predicted octanol–water partition coefficient (Wildman–Crippen LogP) is 0.490. The van der Waals surface area contributed by atoms with Crippen molar-refractivity contribution in [1.82, 2.24) is 10.2 Å². The zero-order chi connectivity index (χ0) is 11.9. The summed E-state index contributed by atoms with van der Waals surface area (Å²) in [5.74, 6) is 0. The molecule has 0 saturated heterocycles. The summed E-state index contributed by atoms with van der Waals surface area (Å²) in [6, 6.07) is -0.343. The molecule has 1 aliphatic heterocycles. The first-order valence-electron chi connectivity index (χ1n) is 5.03. The number of nitrogens with zero attached hydrogens (tertiary/aromatic N) is 3. The van der Waals surface area contributed by atoms with Crippen molar-refractivity contribution in [2.24, 2.45) is 15.6 Å². The number of amides is 2. The van der Waals surface area contributed by atoms with Crippen LogP contribution in [0, 0.1) is 5.41 Å². The van der Waals surface area contributed by atoms with E-state index in [0.717, 1.165) is 12.8 Å². The van der Waals surface area contributed by atoms with Crippen molar-refractivity contribution in [2.45, 2.75) is 19.8 Å². The van der Waals surface area contributed by atoms with Gasteiger partial charge in [-0.25, -0.2) is 9.00 Å². The maximum absolute atomic E-state index is 12.1. The van der Waals surface area contributed by atoms with Gasteiger partial charge in [-0.15, -0.1) is 10.2 Å². The molecule has 1 atom stereocenters. The van der Waals surface area contributed by atoms with Crippen molar-refractivity contribution < 1.29 is 9.00 Å². The molecule has 0 aromatic carbocycles. The van der Waals surface area contributed by atoms with Crippen molar-refractivity contribution in [3.63, 3.8) is 0 Å². The Morgan fingerprint density at radius 1 is 1.50 bits per heavy atom. The Kier molecular flexibility index (Phi) is 2.57. The van der Waals surface area contributed by atoms with Crippen LogP contribution in [0.25, 0.3) is 0 Å². The van der Waals surface area contributed by atoms with Gasteiger partial charge in [0.15, 0.2) is 0 Å². The minimum Gasteiger partial charge on any atom is -0.341 e. The fourth-order valence-electron chi connectivity index (χ4n) is 1.44. The van der Waals surface area contributed by atoms with Crippen molar-refractivity contribution in [1.29, 1.82) is 0 Å². The van der Waals surface area contributed by atoms with Gasteiger partial charge in [-0.05, 0) is 12.8 Å². The lowest BCUT2D eigenvalue weighted by Gasteiger charge is -2.15. The van der Waals surface area contributed by atoms with E-state index in [1.807, 2.05) is 6.92 Å². The SMILES string of the molecule is CNC(=O)N(C)C1=NN=C(C2(C)CC2)S1=O. The Bertz CT molecular complexity index is 425. The van der Waals surface area contributed by atoms with Crippen LogP contribution >= 0.6 is 0 Å². The van der Waals surface area contributed by atoms with E-state index in [0.29, 0.717) is 5.04 Å². The van der Waals surface area contributed by atoms with E-state index in [1.54, 1.807) is 0 Å². The Morgan fingerprint density at radius 3 is 2.62 bits per heavy atom. The van der Waals surface area contributed by atoms with Crippen LogP contribution in [0.1, 0.15) is 19.8 Å². The summed E-state index contributed by atoms with van der Waals surface area (Å²) < 4.78 is 12.1. The van der Waals surface area contributed by atoms with Gasteiger partial charge >= 0.3 is 6.03 Å². The Hall–Kier alpha value is -1.24. The molecule has 88 valence electrons. The lowest BCUT2D eigenvalue weighted by Crippen LogP contribution is -2.41. The van der Waals surface area contributed by atoms with Gasteiger partial charge in [0.1, 0.15) is 15.8 Å². The van der Waals surface area contributed by atoms with Crippen LogP contribution in [0.15, 0.2) is 10.2 Å². The number of urea groups is 1. The van der Waals surface area contributed by atoms with Gasteiger partial charge < -0.3 is 5.32 Å². The molecule has 1 saturated carbocycles. The van der Waals surface area contributed by atoms with Gasteiger partial charge in [0, 0.05) is 19.5 Å². The van der Waals surface area contributed by atoms with Gasteiger partial charge in [-0.3, -0.25) is 4.90 Å². The molecule has 0 bridgehead atoms. The van der Waals surface area contributed by atoms with E-state index < -0.39 is 10.8 Å². The second kappa shape index (κ2) is 3.65. The molecule has 1 N–H and O–H groups in total. The van der Waals surface area contributed by atoms with Crippen molar-refractivity contribution in [3.05, 3.63) is 0 Å². The molecule has 0 aromatic rings. The third-order valence-corrected chi connectivity index (χ3v) is 4.50. The summed E-state index contributed by atoms with van der Waals surface area (Å²) in [6.07, 6.45) is 1.98. The highest BCUT2D eigenvalue weighted by molar-refractivity contribution is 8.14. The number of nitrogens with one attached hydrogen (secondary N) is 1. The van der Waals surface area contributed by atoms with E-state index in [1.165, 1.54) is 19.0 Å². The molecule has 6 nitrogen and oxygen atoms in total. The Morgan fingerprint density at radius 2 is 2.12 bits per heavy atom. The average Bonchev–Trinajstić information content (AvgIpc) is 2.88. The fraction of sp³-hybridized carbons (Fsp3) is 0.667. The van der Waals surface area contributed by atoms with Crippen LogP contribution in [0.4, 0.5) is 4.79 Å². The largest absolute Gasteiger partial charge is 0.341 e. The Labute approximate surface area is 96.3 Å². The summed E-state index contributed by atoms with van der Waals surface area (Å²) in [5.41, 5.74) is -0.0698. The predicted molar refractivity (Wildman–Crippen MR) is 62.6 cm³/mol. The monoisotopic (exact) mass is 242 g/mol. The second-order valence-electron chi connectivity index (χ2n) is 4.23. The van der Waals surface area contributed by atoms with E-state index in [4.69, 9.17) is 0 Å². The summed E-state index contributed by atoms with van der Waals surface area (Å²) >= 11 is 0. The molecule has 1 heterocycles. The molecule has 0 spiro atoms. The van der Waals surface area contributed by atoms with Gasteiger partial charge in [0.05, 0.1) is 0 Å². The molecule has 1 fully saturated rings. The van der Waals surface area contributed by atoms with E-state index in [2.05, 4.69) is 15.5 Å². The number of hydrogen-bond acceptors (Lipinski definition) is 4. The van der Waals surface area contributed by atoms with Gasteiger partial charge in [-0.1, -0.05) is 6.92 Å². The zero-order valence-corrected chi connectivity index (χ0v) is 10.3. The topological polar surface area (TPSA) is 74.1 Å². The number of hydrogen-bond donors (Lipinski definition) is 1. The Balaban J connectivity index is 2.13. The van der Waals surface area contributed by atoms with Gasteiger partial charge in [0.25, 0.3) is 0 Å². The van der Waals surface area contributed by atoms with Crippen LogP contribution < -0.4 is 5.32 Å². The molecular formula is C9H14N4O2S. The number of amidine groups is 1. The highest BCUT2D eigenvalue weighted by atomic mass is 32.2. The summed E-state index contributed by atoms with van der Waals surface area (Å²) in [7, 11) is 1.65. The maximum Gasteiger partial charge on any atom is 0.323 e. The van der Waals surface area contributed by atoms with E-state index >= 15 is 0 Å². The number of carbonyl (C=O) groups is 1. The molecular weight excluding hydrogens is 228 g/mol. The van der Waals surface area contributed by atoms with Crippen molar-refractivity contribution in [2.75, 3.05) is 14.1 Å². The van der Waals surface area contributed by atoms with Crippen LogP contribution in [-0.2, 0) is 10.8 Å². The van der Waals surface area contributed by atoms with Crippen LogP contribution in [0.5, 0.6) is 0 Å². The first kappa shape index (κ1) is 11.3. The standard InChI is InChI=1S/C9H14N4O2S/c1-9(4-5-9)6-11-12-8(16(6)15)13(3)7(14)10-2/h4-5H2,1-3H3,(H,10,14). The molecule has 1 aliphatic carbocycles. The molecule has 2 rings (SSSR count). The fourth-order valence-corrected chi connectivity index (χ4v) is 2.83. The highest BCUT2D eigenvalue weighted by Gasteiger charge is 2.49. The highest BCUT2D eigenvalue weighted by Crippen LogP contribution is 2.48. The van der Waals surface area contributed by atoms with E-state index in [9.17, 15) is 9.00 Å². The molecule has 0 aromatic heterocycles. The number of rotatable bonds is 1. The summed E-state index contributed by atoms with van der Waals surface area (Å²) in [4.78, 5) is 12.6. The lowest BCUT2D eigenvalue weighted by atomic mass is 10.2. The lowest BCUT2D eigenvalue weighted by molar-refractivity contribution is 0.229. The normalized spacial score (nSPS) is 25.8. The third kappa shape index (κ3) is 1.64. The summed E-state index contributed by atoms with van der Waals surface area (Å²) in [5, 5.41) is 11.1. The maximum atomic E-state index is 12.1. The zero-order valence-electron chi connectivity index (χ0n) is 9.48. The minimum absolute atomic E-state index is 0.0698. The molecule has 2 aliphatic rings. The first-order chi connectivity index (χ1) is 7.49. The van der Waals surface area contributed by atoms with Gasteiger partial charge in [0.2, 0.25) is 5.17 Å². The second-order valence-corrected chi connectivity index (χ2v) is 5.52. The molecule has 0 radical (unpaired) electrons.